The molecule has 0 fully saturated rings. The maximum absolute atomic E-state index is 8.70. The van der Waals surface area contributed by atoms with Crippen LogP contribution in [-0.4, -0.2) is 28.2 Å². The molecule has 46 valence electrons. The number of halogens is 1. The van der Waals surface area contributed by atoms with Crippen molar-refractivity contribution in [1.29, 1.82) is 0 Å². The van der Waals surface area contributed by atoms with Gasteiger partial charge >= 0.3 is 23.1 Å². The zero-order chi connectivity index (χ0) is 5.98. The Balaban J connectivity index is 0.000000640. The monoisotopic (exact) mass is 154 g/mol. The van der Waals surface area contributed by atoms with E-state index < -0.39 is 0 Å². The number of benzene rings is 1. The molecule has 0 aromatic heterocycles. The SMILES string of the molecule is Oc1ccc(Cl)cc1.[MgH2]. The molecule has 1 rings (SSSR count). The van der Waals surface area contributed by atoms with Crippen LogP contribution < -0.4 is 0 Å². The van der Waals surface area contributed by atoms with Crippen molar-refractivity contribution < 1.29 is 5.11 Å². The van der Waals surface area contributed by atoms with Crippen molar-refractivity contribution in [1.82, 2.24) is 0 Å². The predicted octanol–water partition coefficient (Wildman–Crippen LogP) is 1.13. The van der Waals surface area contributed by atoms with Crippen molar-refractivity contribution in [3.63, 3.8) is 0 Å². The molecule has 0 saturated carbocycles. The second-order valence-corrected chi connectivity index (χ2v) is 1.91. The summed E-state index contributed by atoms with van der Waals surface area (Å²) in [7, 11) is 0. The van der Waals surface area contributed by atoms with Gasteiger partial charge in [-0.05, 0) is 24.3 Å². The van der Waals surface area contributed by atoms with Gasteiger partial charge in [0, 0.05) is 5.02 Å². The fourth-order valence-corrected chi connectivity index (χ4v) is 0.567. The van der Waals surface area contributed by atoms with Gasteiger partial charge in [-0.2, -0.15) is 0 Å². The van der Waals surface area contributed by atoms with Gasteiger partial charge in [0.15, 0.2) is 0 Å². The number of hydrogen-bond donors (Lipinski definition) is 1. The van der Waals surface area contributed by atoms with E-state index in [1.54, 1.807) is 24.3 Å². The molecule has 1 N–H and O–H groups in total. The number of hydrogen-bond acceptors (Lipinski definition) is 1. The number of phenols is 1. The molecule has 1 aromatic carbocycles. The maximum Gasteiger partial charge on any atom is 0.316 e. The van der Waals surface area contributed by atoms with Gasteiger partial charge in [0.05, 0.1) is 0 Å². The third-order valence-electron chi connectivity index (χ3n) is 0.827. The summed E-state index contributed by atoms with van der Waals surface area (Å²) in [6.45, 7) is 0. The summed E-state index contributed by atoms with van der Waals surface area (Å²) in [6.07, 6.45) is 0. The lowest BCUT2D eigenvalue weighted by Crippen LogP contribution is -1.61. The molecule has 1 aromatic rings. The minimum Gasteiger partial charge on any atom is -0.508 e. The van der Waals surface area contributed by atoms with Crippen LogP contribution in [-0.2, 0) is 0 Å². The van der Waals surface area contributed by atoms with Gasteiger partial charge in [-0.25, -0.2) is 0 Å². The van der Waals surface area contributed by atoms with E-state index in [2.05, 4.69) is 0 Å². The Morgan fingerprint density at radius 2 is 1.56 bits per heavy atom. The lowest BCUT2D eigenvalue weighted by Gasteiger charge is -1.87. The van der Waals surface area contributed by atoms with Crippen LogP contribution in [0.3, 0.4) is 0 Å². The Morgan fingerprint density at radius 3 is 1.89 bits per heavy atom. The largest absolute Gasteiger partial charge is 0.508 e. The van der Waals surface area contributed by atoms with Crippen molar-refractivity contribution in [2.75, 3.05) is 0 Å². The van der Waals surface area contributed by atoms with Gasteiger partial charge in [-0.3, -0.25) is 0 Å². The summed E-state index contributed by atoms with van der Waals surface area (Å²) in [5.74, 6) is 0.245. The normalized spacial score (nSPS) is 8.11. The molecule has 0 aliphatic rings. The van der Waals surface area contributed by atoms with Crippen molar-refractivity contribution in [2.24, 2.45) is 0 Å². The highest BCUT2D eigenvalue weighted by atomic mass is 35.5. The molecular formula is C6H7ClMgO. The lowest BCUT2D eigenvalue weighted by molar-refractivity contribution is 0.475. The molecule has 0 heterocycles. The molecule has 3 heteroatoms. The first-order valence-electron chi connectivity index (χ1n) is 2.23. The van der Waals surface area contributed by atoms with Crippen LogP contribution in [0.25, 0.3) is 0 Å². The van der Waals surface area contributed by atoms with Gasteiger partial charge < -0.3 is 5.11 Å². The first-order chi connectivity index (χ1) is 3.79. The van der Waals surface area contributed by atoms with E-state index in [1.807, 2.05) is 0 Å². The Labute approximate surface area is 74.8 Å². The highest BCUT2D eigenvalue weighted by molar-refractivity contribution is 6.30. The quantitative estimate of drug-likeness (QED) is 0.556. The smallest absolute Gasteiger partial charge is 0.316 e. The molecular weight excluding hydrogens is 148 g/mol. The Bertz CT molecular complexity index is 152. The highest BCUT2D eigenvalue weighted by Crippen LogP contribution is 2.12. The summed E-state index contributed by atoms with van der Waals surface area (Å²) in [4.78, 5) is 0. The Morgan fingerprint density at radius 1 is 1.11 bits per heavy atom. The molecule has 0 spiro atoms. The standard InChI is InChI=1S/C6H5ClO.Mg.2H/c7-5-1-3-6(8)4-2-5;;;/h1-4,8H;;;. The van der Waals surface area contributed by atoms with Gasteiger partial charge in [0.2, 0.25) is 0 Å². The van der Waals surface area contributed by atoms with Crippen LogP contribution in [0, 0.1) is 0 Å². The fraction of sp³-hybridized carbons (Fsp3) is 0. The molecule has 9 heavy (non-hydrogen) atoms. The van der Waals surface area contributed by atoms with Gasteiger partial charge in [0.1, 0.15) is 5.75 Å². The molecule has 0 bridgehead atoms. The molecule has 0 radical (unpaired) electrons. The van der Waals surface area contributed by atoms with Gasteiger partial charge in [-0.15, -0.1) is 0 Å². The summed E-state index contributed by atoms with van der Waals surface area (Å²) >= 11 is 5.50. The van der Waals surface area contributed by atoms with E-state index in [0.717, 1.165) is 0 Å². The first kappa shape index (κ1) is 9.08. The van der Waals surface area contributed by atoms with E-state index >= 15 is 0 Å². The Kier molecular flexibility index (Phi) is 4.02. The van der Waals surface area contributed by atoms with Crippen molar-refractivity contribution in [2.45, 2.75) is 0 Å². The molecule has 0 aliphatic carbocycles. The molecule has 0 amide bonds. The highest BCUT2D eigenvalue weighted by Gasteiger charge is 1.84. The average molecular weight is 155 g/mol. The summed E-state index contributed by atoms with van der Waals surface area (Å²) in [6, 6.07) is 6.36. The maximum atomic E-state index is 8.70. The van der Waals surface area contributed by atoms with Crippen LogP contribution in [0.2, 0.25) is 5.02 Å². The number of phenolic OH excluding ortho intramolecular Hbond substituents is 1. The fourth-order valence-electron chi connectivity index (χ4n) is 0.441. The molecule has 0 unspecified atom stereocenters. The predicted molar refractivity (Wildman–Crippen MR) is 41.7 cm³/mol. The van der Waals surface area contributed by atoms with Crippen molar-refractivity contribution in [3.05, 3.63) is 29.3 Å². The third-order valence-corrected chi connectivity index (χ3v) is 1.08. The lowest BCUT2D eigenvalue weighted by atomic mass is 10.3. The summed E-state index contributed by atoms with van der Waals surface area (Å²) < 4.78 is 0. The van der Waals surface area contributed by atoms with Crippen LogP contribution in [0.4, 0.5) is 0 Å². The molecule has 0 aliphatic heterocycles. The van der Waals surface area contributed by atoms with Crippen molar-refractivity contribution >= 4 is 34.7 Å². The van der Waals surface area contributed by atoms with Crippen molar-refractivity contribution in [3.8, 4) is 5.75 Å². The average Bonchev–Trinajstić information content (AvgIpc) is 1.77. The minimum atomic E-state index is 0. The van der Waals surface area contributed by atoms with E-state index in [9.17, 15) is 0 Å². The number of rotatable bonds is 0. The van der Waals surface area contributed by atoms with Gasteiger partial charge in [-0.1, -0.05) is 11.6 Å². The Hall–Kier alpha value is 0.0762. The second-order valence-electron chi connectivity index (χ2n) is 1.48. The number of aromatic hydroxyl groups is 1. The summed E-state index contributed by atoms with van der Waals surface area (Å²) in [5, 5.41) is 9.34. The topological polar surface area (TPSA) is 20.2 Å². The second kappa shape index (κ2) is 3.98. The van der Waals surface area contributed by atoms with E-state index in [0.29, 0.717) is 5.02 Å². The van der Waals surface area contributed by atoms with Crippen LogP contribution in [0.1, 0.15) is 0 Å². The molecule has 0 saturated heterocycles. The first-order valence-corrected chi connectivity index (χ1v) is 2.61. The zero-order valence-corrected chi connectivity index (χ0v) is 4.89. The van der Waals surface area contributed by atoms with Gasteiger partial charge in [0.25, 0.3) is 0 Å². The van der Waals surface area contributed by atoms with E-state index in [1.165, 1.54) is 0 Å². The molecule has 1 nitrogen and oxygen atoms in total. The van der Waals surface area contributed by atoms with Crippen LogP contribution in [0.15, 0.2) is 24.3 Å². The van der Waals surface area contributed by atoms with Crippen LogP contribution in [0.5, 0.6) is 5.75 Å². The minimum absolute atomic E-state index is 0. The molecule has 0 atom stereocenters. The summed E-state index contributed by atoms with van der Waals surface area (Å²) in [5.41, 5.74) is 0. The van der Waals surface area contributed by atoms with E-state index in [4.69, 9.17) is 16.7 Å². The van der Waals surface area contributed by atoms with Crippen LogP contribution >= 0.6 is 11.6 Å². The zero-order valence-electron chi connectivity index (χ0n) is 4.13. The third kappa shape index (κ3) is 2.94. The van der Waals surface area contributed by atoms with E-state index in [-0.39, 0.29) is 28.8 Å².